The van der Waals surface area contributed by atoms with Crippen LogP contribution in [0.2, 0.25) is 0 Å². The van der Waals surface area contributed by atoms with Gasteiger partial charge in [0.05, 0.1) is 9.35 Å². The zero-order chi connectivity index (χ0) is 16.1. The number of likely N-dealkylation sites (N-methyl/N-ethyl adjacent to an activating group) is 1. The molecule has 0 radical (unpaired) electrons. The summed E-state index contributed by atoms with van der Waals surface area (Å²) >= 11 is 4.78. The maximum Gasteiger partial charge on any atom is 0.259 e. The summed E-state index contributed by atoms with van der Waals surface area (Å²) in [4.78, 5) is 24.9. The SMILES string of the molecule is CN(C)C(=O)COc1ccc(NC(=O)c2csc(Br)c2)cc1. The molecule has 2 amide bonds. The predicted octanol–water partition coefficient (Wildman–Crippen LogP) is 3.23. The molecule has 1 heterocycles. The normalized spacial score (nSPS) is 10.1. The molecule has 116 valence electrons. The van der Waals surface area contributed by atoms with Crippen molar-refractivity contribution in [3.63, 3.8) is 0 Å². The number of amides is 2. The van der Waals surface area contributed by atoms with Crippen LogP contribution in [-0.2, 0) is 4.79 Å². The van der Waals surface area contributed by atoms with E-state index in [2.05, 4.69) is 21.2 Å². The van der Waals surface area contributed by atoms with Gasteiger partial charge in [-0.05, 0) is 46.3 Å². The predicted molar refractivity (Wildman–Crippen MR) is 90.6 cm³/mol. The van der Waals surface area contributed by atoms with E-state index in [0.717, 1.165) is 3.79 Å². The Morgan fingerprint density at radius 2 is 1.95 bits per heavy atom. The molecule has 2 aromatic rings. The Hall–Kier alpha value is -1.86. The van der Waals surface area contributed by atoms with Gasteiger partial charge in [0.15, 0.2) is 6.61 Å². The van der Waals surface area contributed by atoms with E-state index < -0.39 is 0 Å². The van der Waals surface area contributed by atoms with Crippen molar-refractivity contribution >= 4 is 44.8 Å². The molecule has 1 N–H and O–H groups in total. The molecule has 0 fully saturated rings. The first-order valence-electron chi connectivity index (χ1n) is 6.44. The third-order valence-corrected chi connectivity index (χ3v) is 4.31. The van der Waals surface area contributed by atoms with Crippen molar-refractivity contribution in [1.82, 2.24) is 4.90 Å². The second kappa shape index (κ2) is 7.42. The molecule has 0 aliphatic heterocycles. The number of benzene rings is 1. The quantitative estimate of drug-likeness (QED) is 0.863. The Balaban J connectivity index is 1.91. The molecule has 0 atom stereocenters. The number of ether oxygens (including phenoxy) is 1. The fourth-order valence-corrected chi connectivity index (χ4v) is 2.68. The van der Waals surface area contributed by atoms with Gasteiger partial charge in [-0.3, -0.25) is 9.59 Å². The van der Waals surface area contributed by atoms with Crippen LogP contribution in [0.4, 0.5) is 5.69 Å². The van der Waals surface area contributed by atoms with Gasteiger partial charge in [0.2, 0.25) is 0 Å². The molecule has 7 heteroatoms. The van der Waals surface area contributed by atoms with Crippen molar-refractivity contribution in [3.05, 3.63) is 45.1 Å². The molecule has 0 aliphatic rings. The summed E-state index contributed by atoms with van der Waals surface area (Å²) in [5.41, 5.74) is 1.27. The first kappa shape index (κ1) is 16.5. The van der Waals surface area contributed by atoms with Crippen molar-refractivity contribution in [2.45, 2.75) is 0 Å². The molecular formula is C15H15BrN2O3S. The number of nitrogens with zero attached hydrogens (tertiary/aromatic N) is 1. The number of hydrogen-bond donors (Lipinski definition) is 1. The molecule has 5 nitrogen and oxygen atoms in total. The number of anilines is 1. The summed E-state index contributed by atoms with van der Waals surface area (Å²) < 4.78 is 6.28. The summed E-state index contributed by atoms with van der Waals surface area (Å²) in [5.74, 6) is 0.297. The van der Waals surface area contributed by atoms with Crippen LogP contribution >= 0.6 is 27.3 Å². The monoisotopic (exact) mass is 382 g/mol. The van der Waals surface area contributed by atoms with E-state index in [1.807, 2.05) is 0 Å². The van der Waals surface area contributed by atoms with E-state index in [0.29, 0.717) is 17.0 Å². The molecule has 0 bridgehead atoms. The highest BCUT2D eigenvalue weighted by Gasteiger charge is 2.09. The minimum atomic E-state index is -0.168. The third-order valence-electron chi connectivity index (χ3n) is 2.80. The highest BCUT2D eigenvalue weighted by molar-refractivity contribution is 9.11. The maximum atomic E-state index is 12.0. The van der Waals surface area contributed by atoms with Gasteiger partial charge in [-0.1, -0.05) is 0 Å². The number of carbonyl (C=O) groups excluding carboxylic acids is 2. The van der Waals surface area contributed by atoms with Crippen molar-refractivity contribution in [2.75, 3.05) is 26.0 Å². The zero-order valence-electron chi connectivity index (χ0n) is 12.1. The number of rotatable bonds is 5. The van der Waals surface area contributed by atoms with Crippen molar-refractivity contribution in [1.29, 1.82) is 0 Å². The molecule has 0 spiro atoms. The fraction of sp³-hybridized carbons (Fsp3) is 0.200. The van der Waals surface area contributed by atoms with Crippen LogP contribution in [0.5, 0.6) is 5.75 Å². The Kier molecular flexibility index (Phi) is 5.57. The summed E-state index contributed by atoms with van der Waals surface area (Å²) in [7, 11) is 3.35. The van der Waals surface area contributed by atoms with Gasteiger partial charge in [-0.2, -0.15) is 0 Å². The number of hydrogen-bond acceptors (Lipinski definition) is 4. The van der Waals surface area contributed by atoms with Gasteiger partial charge in [-0.15, -0.1) is 11.3 Å². The Labute approximate surface area is 141 Å². The molecule has 22 heavy (non-hydrogen) atoms. The lowest BCUT2D eigenvalue weighted by Crippen LogP contribution is -2.27. The number of nitrogens with one attached hydrogen (secondary N) is 1. The minimum Gasteiger partial charge on any atom is -0.484 e. The summed E-state index contributed by atoms with van der Waals surface area (Å²) in [5, 5.41) is 4.58. The van der Waals surface area contributed by atoms with Crippen LogP contribution in [-0.4, -0.2) is 37.4 Å². The number of halogens is 1. The molecule has 1 aromatic heterocycles. The van der Waals surface area contributed by atoms with Gasteiger partial charge < -0.3 is 15.0 Å². The number of carbonyl (C=O) groups is 2. The Bertz CT molecular complexity index is 668. The highest BCUT2D eigenvalue weighted by Crippen LogP contribution is 2.22. The van der Waals surface area contributed by atoms with E-state index in [9.17, 15) is 9.59 Å². The molecule has 2 rings (SSSR count). The molecule has 0 saturated carbocycles. The molecule has 0 unspecified atom stereocenters. The van der Waals surface area contributed by atoms with Gasteiger partial charge in [0.25, 0.3) is 11.8 Å². The van der Waals surface area contributed by atoms with Crippen LogP contribution in [0.3, 0.4) is 0 Å². The lowest BCUT2D eigenvalue weighted by molar-refractivity contribution is -0.130. The van der Waals surface area contributed by atoms with E-state index in [1.165, 1.54) is 16.2 Å². The van der Waals surface area contributed by atoms with Crippen LogP contribution in [0, 0.1) is 0 Å². The standard InChI is InChI=1S/C15H15BrN2O3S/c1-18(2)14(19)8-21-12-5-3-11(4-6-12)17-15(20)10-7-13(16)22-9-10/h3-7,9H,8H2,1-2H3,(H,17,20). The zero-order valence-corrected chi connectivity index (χ0v) is 14.5. The summed E-state index contributed by atoms with van der Waals surface area (Å²) in [6, 6.07) is 8.65. The Morgan fingerprint density at radius 1 is 1.27 bits per heavy atom. The van der Waals surface area contributed by atoms with Gasteiger partial charge in [0, 0.05) is 25.2 Å². The first-order chi connectivity index (χ1) is 10.5. The van der Waals surface area contributed by atoms with Crippen LogP contribution < -0.4 is 10.1 Å². The fourth-order valence-electron chi connectivity index (χ4n) is 1.54. The van der Waals surface area contributed by atoms with Gasteiger partial charge in [-0.25, -0.2) is 0 Å². The smallest absolute Gasteiger partial charge is 0.259 e. The first-order valence-corrected chi connectivity index (χ1v) is 8.11. The summed E-state index contributed by atoms with van der Waals surface area (Å²) in [6.07, 6.45) is 0. The van der Waals surface area contributed by atoms with Crippen LogP contribution in [0.1, 0.15) is 10.4 Å². The maximum absolute atomic E-state index is 12.0. The van der Waals surface area contributed by atoms with Crippen molar-refractivity contribution in [3.8, 4) is 5.75 Å². The molecule has 0 saturated heterocycles. The van der Waals surface area contributed by atoms with Gasteiger partial charge >= 0.3 is 0 Å². The summed E-state index contributed by atoms with van der Waals surface area (Å²) in [6.45, 7) is -0.0123. The van der Waals surface area contributed by atoms with Gasteiger partial charge in [0.1, 0.15) is 5.75 Å². The average Bonchev–Trinajstić information content (AvgIpc) is 2.92. The lowest BCUT2D eigenvalue weighted by atomic mass is 10.2. The minimum absolute atomic E-state index is 0.0123. The van der Waals surface area contributed by atoms with E-state index in [1.54, 1.807) is 49.8 Å². The van der Waals surface area contributed by atoms with Crippen molar-refractivity contribution < 1.29 is 14.3 Å². The highest BCUT2D eigenvalue weighted by atomic mass is 79.9. The second-order valence-electron chi connectivity index (χ2n) is 4.69. The average molecular weight is 383 g/mol. The molecule has 1 aromatic carbocycles. The molecular weight excluding hydrogens is 368 g/mol. The van der Waals surface area contributed by atoms with Crippen molar-refractivity contribution in [2.24, 2.45) is 0 Å². The van der Waals surface area contributed by atoms with Crippen LogP contribution in [0.15, 0.2) is 39.5 Å². The largest absolute Gasteiger partial charge is 0.484 e. The van der Waals surface area contributed by atoms with E-state index in [-0.39, 0.29) is 18.4 Å². The second-order valence-corrected chi connectivity index (χ2v) is 6.99. The molecule has 0 aliphatic carbocycles. The Morgan fingerprint density at radius 3 is 2.50 bits per heavy atom. The van der Waals surface area contributed by atoms with E-state index >= 15 is 0 Å². The lowest BCUT2D eigenvalue weighted by Gasteiger charge is -2.11. The van der Waals surface area contributed by atoms with Crippen LogP contribution in [0.25, 0.3) is 0 Å². The topological polar surface area (TPSA) is 58.6 Å². The van der Waals surface area contributed by atoms with E-state index in [4.69, 9.17) is 4.74 Å². The number of thiophene rings is 1. The third kappa shape index (κ3) is 4.57.